The maximum atomic E-state index is 11.8. The SMILES string of the molecule is CNC(=O)c1ccc(C=CC(=O)c2ccc(C)o2)cc1. The molecular formula is C16H15NO3. The van der Waals surface area contributed by atoms with Gasteiger partial charge in [-0.25, -0.2) is 0 Å². The van der Waals surface area contributed by atoms with Crippen LogP contribution in [0.5, 0.6) is 0 Å². The minimum Gasteiger partial charge on any atom is -0.458 e. The number of aryl methyl sites for hydroxylation is 1. The minimum atomic E-state index is -0.187. The number of amides is 1. The first-order chi connectivity index (χ1) is 9.60. The van der Waals surface area contributed by atoms with Crippen LogP contribution in [0.3, 0.4) is 0 Å². The highest BCUT2D eigenvalue weighted by atomic mass is 16.3. The molecule has 0 aliphatic heterocycles. The van der Waals surface area contributed by atoms with Gasteiger partial charge in [-0.3, -0.25) is 9.59 Å². The van der Waals surface area contributed by atoms with Crippen molar-refractivity contribution >= 4 is 17.8 Å². The van der Waals surface area contributed by atoms with Crippen LogP contribution >= 0.6 is 0 Å². The van der Waals surface area contributed by atoms with Gasteiger partial charge in [-0.05, 0) is 42.8 Å². The third-order valence-corrected chi connectivity index (χ3v) is 2.81. The van der Waals surface area contributed by atoms with E-state index in [0.717, 1.165) is 5.56 Å². The lowest BCUT2D eigenvalue weighted by atomic mass is 10.1. The number of rotatable bonds is 4. The summed E-state index contributed by atoms with van der Waals surface area (Å²) >= 11 is 0. The molecule has 102 valence electrons. The second-order valence-corrected chi connectivity index (χ2v) is 4.31. The fourth-order valence-electron chi connectivity index (χ4n) is 1.71. The Morgan fingerprint density at radius 3 is 2.35 bits per heavy atom. The van der Waals surface area contributed by atoms with E-state index in [0.29, 0.717) is 17.1 Å². The van der Waals surface area contributed by atoms with Gasteiger partial charge in [-0.2, -0.15) is 0 Å². The molecule has 0 saturated carbocycles. The van der Waals surface area contributed by atoms with E-state index >= 15 is 0 Å². The van der Waals surface area contributed by atoms with Crippen molar-refractivity contribution in [3.05, 3.63) is 65.1 Å². The first kappa shape index (κ1) is 13.8. The lowest BCUT2D eigenvalue weighted by molar-refractivity contribution is 0.0962. The average Bonchev–Trinajstić information content (AvgIpc) is 2.91. The molecule has 0 fully saturated rings. The molecule has 0 saturated heterocycles. The number of benzene rings is 1. The third-order valence-electron chi connectivity index (χ3n) is 2.81. The predicted octanol–water partition coefficient (Wildman–Crippen LogP) is 2.84. The summed E-state index contributed by atoms with van der Waals surface area (Å²) in [5.41, 5.74) is 1.42. The van der Waals surface area contributed by atoms with Crippen molar-refractivity contribution in [1.29, 1.82) is 0 Å². The van der Waals surface area contributed by atoms with Crippen molar-refractivity contribution in [2.45, 2.75) is 6.92 Å². The summed E-state index contributed by atoms with van der Waals surface area (Å²) in [6, 6.07) is 10.4. The number of nitrogens with one attached hydrogen (secondary N) is 1. The zero-order valence-electron chi connectivity index (χ0n) is 11.3. The summed E-state index contributed by atoms with van der Waals surface area (Å²) in [4.78, 5) is 23.2. The van der Waals surface area contributed by atoms with Crippen molar-refractivity contribution in [3.8, 4) is 0 Å². The summed E-state index contributed by atoms with van der Waals surface area (Å²) in [5.74, 6) is 0.702. The summed E-state index contributed by atoms with van der Waals surface area (Å²) in [6.07, 6.45) is 3.14. The summed E-state index contributed by atoms with van der Waals surface area (Å²) < 4.78 is 5.25. The van der Waals surface area contributed by atoms with Crippen molar-refractivity contribution in [2.75, 3.05) is 7.05 Å². The Morgan fingerprint density at radius 2 is 1.80 bits per heavy atom. The molecule has 2 rings (SSSR count). The second-order valence-electron chi connectivity index (χ2n) is 4.31. The number of carbonyl (C=O) groups excluding carboxylic acids is 2. The Morgan fingerprint density at radius 1 is 1.10 bits per heavy atom. The number of ketones is 1. The molecule has 0 unspecified atom stereocenters. The minimum absolute atomic E-state index is 0.136. The number of hydrogen-bond acceptors (Lipinski definition) is 3. The molecule has 1 aromatic heterocycles. The Balaban J connectivity index is 2.08. The van der Waals surface area contributed by atoms with Crippen LogP contribution in [-0.4, -0.2) is 18.7 Å². The Bertz CT molecular complexity index is 651. The zero-order chi connectivity index (χ0) is 14.5. The van der Waals surface area contributed by atoms with Gasteiger partial charge in [-0.15, -0.1) is 0 Å². The van der Waals surface area contributed by atoms with Gasteiger partial charge in [0.15, 0.2) is 5.76 Å². The average molecular weight is 269 g/mol. The monoisotopic (exact) mass is 269 g/mol. The molecule has 2 aromatic rings. The molecule has 4 nitrogen and oxygen atoms in total. The molecule has 4 heteroatoms. The quantitative estimate of drug-likeness (QED) is 0.686. The van der Waals surface area contributed by atoms with Crippen LogP contribution in [0.15, 0.2) is 46.9 Å². The van der Waals surface area contributed by atoms with Gasteiger partial charge in [0.05, 0.1) is 0 Å². The fourth-order valence-corrected chi connectivity index (χ4v) is 1.71. The molecule has 0 aliphatic rings. The molecule has 1 amide bonds. The van der Waals surface area contributed by atoms with E-state index in [1.807, 2.05) is 0 Å². The molecule has 0 atom stereocenters. The van der Waals surface area contributed by atoms with E-state index in [9.17, 15) is 9.59 Å². The van der Waals surface area contributed by atoms with Crippen molar-refractivity contribution in [3.63, 3.8) is 0 Å². The lowest BCUT2D eigenvalue weighted by Crippen LogP contribution is -2.17. The van der Waals surface area contributed by atoms with Crippen LogP contribution in [0.4, 0.5) is 0 Å². The van der Waals surface area contributed by atoms with Crippen molar-refractivity contribution < 1.29 is 14.0 Å². The van der Waals surface area contributed by atoms with Gasteiger partial charge >= 0.3 is 0 Å². The van der Waals surface area contributed by atoms with Gasteiger partial charge in [0.1, 0.15) is 5.76 Å². The van der Waals surface area contributed by atoms with E-state index in [2.05, 4.69) is 5.32 Å². The van der Waals surface area contributed by atoms with Gasteiger partial charge in [0.25, 0.3) is 5.91 Å². The van der Waals surface area contributed by atoms with Crippen LogP contribution in [0.25, 0.3) is 6.08 Å². The molecule has 0 bridgehead atoms. The number of allylic oxidation sites excluding steroid dienone is 1. The van der Waals surface area contributed by atoms with Crippen LogP contribution in [0, 0.1) is 6.92 Å². The first-order valence-electron chi connectivity index (χ1n) is 6.21. The standard InChI is InChI=1S/C16H15NO3/c1-11-3-10-15(20-11)14(18)9-6-12-4-7-13(8-5-12)16(19)17-2/h3-10H,1-2H3,(H,17,19). The molecule has 0 radical (unpaired) electrons. The number of furan rings is 1. The lowest BCUT2D eigenvalue weighted by Gasteiger charge is -1.99. The van der Waals surface area contributed by atoms with Gasteiger partial charge in [0, 0.05) is 12.6 Å². The predicted molar refractivity (Wildman–Crippen MR) is 76.6 cm³/mol. The van der Waals surface area contributed by atoms with E-state index in [-0.39, 0.29) is 11.7 Å². The normalized spacial score (nSPS) is 10.7. The van der Waals surface area contributed by atoms with Crippen LogP contribution in [-0.2, 0) is 0 Å². The smallest absolute Gasteiger partial charge is 0.251 e. The van der Waals surface area contributed by atoms with Gasteiger partial charge in [-0.1, -0.05) is 18.2 Å². The molecule has 1 heterocycles. The molecule has 1 aromatic carbocycles. The highest BCUT2D eigenvalue weighted by Gasteiger charge is 2.06. The van der Waals surface area contributed by atoms with Crippen LogP contribution in [0.2, 0.25) is 0 Å². The number of carbonyl (C=O) groups is 2. The summed E-state index contributed by atoms with van der Waals surface area (Å²) in [5, 5.41) is 2.55. The topological polar surface area (TPSA) is 59.3 Å². The Labute approximate surface area is 117 Å². The van der Waals surface area contributed by atoms with Gasteiger partial charge < -0.3 is 9.73 Å². The Kier molecular flexibility index (Phi) is 4.15. The van der Waals surface area contributed by atoms with E-state index in [4.69, 9.17) is 4.42 Å². The molecule has 1 N–H and O–H groups in total. The van der Waals surface area contributed by atoms with Crippen LogP contribution in [0.1, 0.15) is 32.2 Å². The van der Waals surface area contributed by atoms with E-state index in [1.54, 1.807) is 56.4 Å². The van der Waals surface area contributed by atoms with Crippen LogP contribution < -0.4 is 5.32 Å². The summed E-state index contributed by atoms with van der Waals surface area (Å²) in [7, 11) is 1.58. The largest absolute Gasteiger partial charge is 0.458 e. The zero-order valence-corrected chi connectivity index (χ0v) is 11.3. The third kappa shape index (κ3) is 3.23. The molecule has 20 heavy (non-hydrogen) atoms. The van der Waals surface area contributed by atoms with Gasteiger partial charge in [0.2, 0.25) is 5.78 Å². The first-order valence-corrected chi connectivity index (χ1v) is 6.21. The number of hydrogen-bond donors (Lipinski definition) is 1. The highest BCUT2D eigenvalue weighted by Crippen LogP contribution is 2.10. The molecule has 0 aliphatic carbocycles. The summed E-state index contributed by atoms with van der Waals surface area (Å²) in [6.45, 7) is 1.79. The maximum absolute atomic E-state index is 11.8. The highest BCUT2D eigenvalue weighted by molar-refractivity contribution is 6.05. The van der Waals surface area contributed by atoms with Crippen molar-refractivity contribution in [2.24, 2.45) is 0 Å². The fraction of sp³-hybridized carbons (Fsp3) is 0.125. The van der Waals surface area contributed by atoms with E-state index in [1.165, 1.54) is 6.08 Å². The molecular weight excluding hydrogens is 254 g/mol. The maximum Gasteiger partial charge on any atom is 0.251 e. The Hall–Kier alpha value is -2.62. The van der Waals surface area contributed by atoms with E-state index < -0.39 is 0 Å². The molecule has 0 spiro atoms. The van der Waals surface area contributed by atoms with Crippen molar-refractivity contribution in [1.82, 2.24) is 5.32 Å². The second kappa shape index (κ2) is 6.02.